The predicted molar refractivity (Wildman–Crippen MR) is 113 cm³/mol. The van der Waals surface area contributed by atoms with Gasteiger partial charge in [0, 0.05) is 10.0 Å². The van der Waals surface area contributed by atoms with Crippen LogP contribution in [0, 0.1) is 0 Å². The van der Waals surface area contributed by atoms with E-state index in [0.717, 1.165) is 24.3 Å². The maximum Gasteiger partial charge on any atom is 0.416 e. The van der Waals surface area contributed by atoms with Crippen LogP contribution in [0.2, 0.25) is 10.0 Å². The second-order valence-corrected chi connectivity index (χ2v) is 7.75. The molecular formula is C21H19Cl2F6NO4. The molecule has 2 atom stereocenters. The van der Waals surface area contributed by atoms with Crippen molar-refractivity contribution in [3.8, 4) is 11.5 Å². The molecule has 0 aromatic heterocycles. The summed E-state index contributed by atoms with van der Waals surface area (Å²) in [6.07, 6.45) is -10.9. The predicted octanol–water partition coefficient (Wildman–Crippen LogP) is 6.33. The Balaban J connectivity index is 0.000000340. The molecule has 34 heavy (non-hydrogen) atoms. The first kappa shape index (κ1) is 29.4. The van der Waals surface area contributed by atoms with E-state index in [4.69, 9.17) is 38.4 Å². The molecule has 0 spiro atoms. The number of rotatable bonds is 6. The molecule has 0 heterocycles. The molecule has 0 fully saturated rings. The molecule has 2 aromatic rings. The highest BCUT2D eigenvalue weighted by atomic mass is 35.5. The van der Waals surface area contributed by atoms with E-state index in [1.165, 1.54) is 32.9 Å². The largest absolute Gasteiger partial charge is 0.483 e. The summed E-state index contributed by atoms with van der Waals surface area (Å²) in [5.74, 6) is -1.29. The molecule has 2 rings (SSSR count). The molecule has 188 valence electrons. The highest BCUT2D eigenvalue weighted by Crippen LogP contribution is 2.35. The SMILES string of the molecule is CC(=O)[C@H](C)Oc1cc(Cl)cc(C(F)(F)F)c1.C[C@@H](Oc1cc(Cl)cc(C(F)(F)F)c1)C(N)=O. The lowest BCUT2D eigenvalue weighted by Crippen LogP contribution is -2.30. The first-order valence-electron chi connectivity index (χ1n) is 9.28. The van der Waals surface area contributed by atoms with E-state index in [9.17, 15) is 35.9 Å². The number of carbonyl (C=O) groups is 2. The average Bonchev–Trinajstić information content (AvgIpc) is 2.66. The highest BCUT2D eigenvalue weighted by Gasteiger charge is 2.32. The molecule has 1 amide bonds. The monoisotopic (exact) mass is 533 g/mol. The number of ketones is 1. The molecule has 0 bridgehead atoms. The first-order valence-corrected chi connectivity index (χ1v) is 10.0. The van der Waals surface area contributed by atoms with Crippen LogP contribution >= 0.6 is 23.2 Å². The molecule has 0 unspecified atom stereocenters. The minimum atomic E-state index is -4.53. The topological polar surface area (TPSA) is 78.6 Å². The highest BCUT2D eigenvalue weighted by molar-refractivity contribution is 6.31. The van der Waals surface area contributed by atoms with Crippen molar-refractivity contribution in [1.82, 2.24) is 0 Å². The van der Waals surface area contributed by atoms with E-state index in [0.29, 0.717) is 0 Å². The molecule has 0 aliphatic rings. The second-order valence-electron chi connectivity index (χ2n) is 6.88. The van der Waals surface area contributed by atoms with Crippen molar-refractivity contribution >= 4 is 34.9 Å². The van der Waals surface area contributed by atoms with Crippen molar-refractivity contribution in [2.45, 2.75) is 45.3 Å². The molecular weight excluding hydrogens is 515 g/mol. The summed E-state index contributed by atoms with van der Waals surface area (Å²) < 4.78 is 84.7. The Kier molecular flexibility index (Phi) is 10.1. The van der Waals surface area contributed by atoms with Crippen LogP contribution in [0.3, 0.4) is 0 Å². The Hall–Kier alpha value is -2.66. The maximum atomic E-state index is 12.5. The number of hydrogen-bond acceptors (Lipinski definition) is 4. The number of benzene rings is 2. The Labute approximate surface area is 200 Å². The molecule has 2 N–H and O–H groups in total. The minimum Gasteiger partial charge on any atom is -0.483 e. The van der Waals surface area contributed by atoms with Crippen LogP contribution in [0.1, 0.15) is 31.9 Å². The van der Waals surface area contributed by atoms with Crippen molar-refractivity contribution in [2.75, 3.05) is 0 Å². The van der Waals surface area contributed by atoms with Crippen molar-refractivity contribution in [2.24, 2.45) is 5.73 Å². The van der Waals surface area contributed by atoms with Gasteiger partial charge in [-0.15, -0.1) is 0 Å². The fourth-order valence-corrected chi connectivity index (χ4v) is 2.59. The quantitative estimate of drug-likeness (QED) is 0.440. The average molecular weight is 534 g/mol. The van der Waals surface area contributed by atoms with Gasteiger partial charge in [0.15, 0.2) is 18.0 Å². The lowest BCUT2D eigenvalue weighted by atomic mass is 10.2. The summed E-state index contributed by atoms with van der Waals surface area (Å²) in [7, 11) is 0. The third-order valence-electron chi connectivity index (χ3n) is 4.00. The van der Waals surface area contributed by atoms with Gasteiger partial charge in [-0.2, -0.15) is 26.3 Å². The van der Waals surface area contributed by atoms with Crippen LogP contribution in [0.15, 0.2) is 36.4 Å². The fraction of sp³-hybridized carbons (Fsp3) is 0.333. The van der Waals surface area contributed by atoms with E-state index in [-0.39, 0.29) is 27.3 Å². The van der Waals surface area contributed by atoms with Crippen molar-refractivity contribution in [3.05, 3.63) is 57.6 Å². The molecule has 0 saturated heterocycles. The molecule has 0 radical (unpaired) electrons. The lowest BCUT2D eigenvalue weighted by molar-refractivity contribution is -0.138. The fourth-order valence-electron chi connectivity index (χ4n) is 2.14. The molecule has 0 saturated carbocycles. The van der Waals surface area contributed by atoms with Crippen LogP contribution in [0.25, 0.3) is 0 Å². The van der Waals surface area contributed by atoms with Gasteiger partial charge in [-0.1, -0.05) is 23.2 Å². The van der Waals surface area contributed by atoms with Crippen LogP contribution in [0.5, 0.6) is 11.5 Å². The van der Waals surface area contributed by atoms with Crippen molar-refractivity contribution in [3.63, 3.8) is 0 Å². The van der Waals surface area contributed by atoms with E-state index >= 15 is 0 Å². The number of Topliss-reactive ketones (excluding diaryl/α,β-unsaturated/α-hetero) is 1. The number of alkyl halides is 6. The molecule has 2 aromatic carbocycles. The summed E-state index contributed by atoms with van der Waals surface area (Å²) in [4.78, 5) is 21.6. The van der Waals surface area contributed by atoms with Crippen LogP contribution in [-0.4, -0.2) is 23.9 Å². The number of primary amides is 1. The second kappa shape index (κ2) is 11.7. The third kappa shape index (κ3) is 9.68. The number of amides is 1. The minimum absolute atomic E-state index is 0.0764. The van der Waals surface area contributed by atoms with Gasteiger partial charge in [-0.05, 0) is 57.2 Å². The number of carbonyl (C=O) groups excluding carboxylic acids is 2. The lowest BCUT2D eigenvalue weighted by Gasteiger charge is -2.14. The van der Waals surface area contributed by atoms with E-state index in [1.54, 1.807) is 0 Å². The third-order valence-corrected chi connectivity index (χ3v) is 4.43. The van der Waals surface area contributed by atoms with Gasteiger partial charge in [0.1, 0.15) is 11.5 Å². The van der Waals surface area contributed by atoms with Crippen LogP contribution in [0.4, 0.5) is 26.3 Å². The molecule has 0 aliphatic carbocycles. The number of nitrogens with two attached hydrogens (primary N) is 1. The summed E-state index contributed by atoms with van der Waals surface area (Å²) in [6.45, 7) is 4.08. The maximum absolute atomic E-state index is 12.5. The number of hydrogen-bond donors (Lipinski definition) is 1. The summed E-state index contributed by atoms with van der Waals surface area (Å²) in [6, 6.07) is 5.54. The summed E-state index contributed by atoms with van der Waals surface area (Å²) >= 11 is 11.1. The zero-order valence-electron chi connectivity index (χ0n) is 17.9. The van der Waals surface area contributed by atoms with Crippen LogP contribution in [-0.2, 0) is 21.9 Å². The Morgan fingerprint density at radius 3 is 1.41 bits per heavy atom. The Bertz CT molecular complexity index is 946. The Morgan fingerprint density at radius 2 is 1.12 bits per heavy atom. The summed E-state index contributed by atoms with van der Waals surface area (Å²) in [5.41, 5.74) is 3.07. The van der Waals surface area contributed by atoms with Gasteiger partial charge < -0.3 is 15.2 Å². The molecule has 13 heteroatoms. The zero-order valence-corrected chi connectivity index (χ0v) is 19.4. The smallest absolute Gasteiger partial charge is 0.416 e. The van der Waals surface area contributed by atoms with Crippen molar-refractivity contribution in [1.29, 1.82) is 0 Å². The van der Waals surface area contributed by atoms with E-state index < -0.39 is 41.6 Å². The zero-order chi connectivity index (χ0) is 26.4. The van der Waals surface area contributed by atoms with Gasteiger partial charge in [-0.3, -0.25) is 9.59 Å². The van der Waals surface area contributed by atoms with Gasteiger partial charge in [0.05, 0.1) is 11.1 Å². The molecule has 0 aliphatic heterocycles. The summed E-state index contributed by atoms with van der Waals surface area (Å²) in [5, 5.41) is -0.225. The molecule has 5 nitrogen and oxygen atoms in total. The van der Waals surface area contributed by atoms with Crippen LogP contribution < -0.4 is 15.2 Å². The standard InChI is InChI=1S/C11H10ClF3O2.C10H9ClF3NO2/c1-6(16)7(2)17-10-4-8(11(13,14)15)3-9(12)5-10;1-5(9(15)16)17-8-3-6(10(12,13)14)2-7(11)4-8/h3-5,7H,1-2H3;2-5H,1H3,(H2,15,16)/t7-;5-/m01/s1. The van der Waals surface area contributed by atoms with Gasteiger partial charge in [-0.25, -0.2) is 0 Å². The van der Waals surface area contributed by atoms with Gasteiger partial charge >= 0.3 is 12.4 Å². The van der Waals surface area contributed by atoms with Crippen molar-refractivity contribution < 1.29 is 45.4 Å². The Morgan fingerprint density at radius 1 is 0.765 bits per heavy atom. The number of ether oxygens (including phenoxy) is 2. The van der Waals surface area contributed by atoms with Gasteiger partial charge in [0.2, 0.25) is 0 Å². The number of halogens is 8. The van der Waals surface area contributed by atoms with E-state index in [2.05, 4.69) is 0 Å². The van der Waals surface area contributed by atoms with E-state index in [1.807, 2.05) is 0 Å². The first-order chi connectivity index (χ1) is 15.4. The normalized spacial score (nSPS) is 13.3. The van der Waals surface area contributed by atoms with Gasteiger partial charge in [0.25, 0.3) is 5.91 Å².